The number of hydrogen-bond acceptors (Lipinski definition) is 4. The highest BCUT2D eigenvalue weighted by Crippen LogP contribution is 2.27. The fraction of sp³-hybridized carbons (Fsp3) is 0.538. The Kier molecular flexibility index (Phi) is 4.19. The number of phenols is 1. The minimum atomic E-state index is -3.38. The molecule has 0 unspecified atom stereocenters. The van der Waals surface area contributed by atoms with Crippen LogP contribution in [0.2, 0.25) is 0 Å². The predicted octanol–water partition coefficient (Wildman–Crippen LogP) is 2.30. The molecule has 1 saturated carbocycles. The number of phenolic OH excluding ortho intramolecular Hbond substituents is 1. The molecule has 106 valence electrons. The third-order valence-electron chi connectivity index (χ3n) is 3.48. The van der Waals surface area contributed by atoms with Crippen molar-refractivity contribution in [1.29, 1.82) is 0 Å². The van der Waals surface area contributed by atoms with Gasteiger partial charge in [-0.2, -0.15) is 0 Å². The molecule has 6 heteroatoms. The number of rotatable bonds is 4. The maximum Gasteiger partial charge on any atom is 0.233 e. The molecule has 1 aromatic carbocycles. The summed E-state index contributed by atoms with van der Waals surface area (Å²) >= 11 is 0. The third kappa shape index (κ3) is 4.02. The number of nitrogen functional groups attached to an aromatic ring is 1. The summed E-state index contributed by atoms with van der Waals surface area (Å²) in [6, 6.07) is 4.22. The zero-order valence-electron chi connectivity index (χ0n) is 10.8. The number of hydrogen-bond donors (Lipinski definition) is 3. The standard InChI is InChI=1S/C13H20N2O3S/c14-12-8-11(16)6-7-13(12)15-19(17,18)9-10-4-2-1-3-5-10/h6-8,10,15-16H,1-5,9,14H2. The van der Waals surface area contributed by atoms with Crippen LogP contribution >= 0.6 is 0 Å². The quantitative estimate of drug-likeness (QED) is 0.584. The Labute approximate surface area is 113 Å². The Morgan fingerprint density at radius 1 is 1.26 bits per heavy atom. The van der Waals surface area contributed by atoms with Gasteiger partial charge in [-0.05, 0) is 30.9 Å². The molecule has 5 nitrogen and oxygen atoms in total. The first-order chi connectivity index (χ1) is 8.96. The number of benzene rings is 1. The fourth-order valence-corrected chi connectivity index (χ4v) is 4.07. The maximum atomic E-state index is 12.1. The van der Waals surface area contributed by atoms with Gasteiger partial charge in [-0.25, -0.2) is 8.42 Å². The van der Waals surface area contributed by atoms with Crippen molar-refractivity contribution in [2.75, 3.05) is 16.2 Å². The van der Waals surface area contributed by atoms with Crippen LogP contribution in [0.3, 0.4) is 0 Å². The van der Waals surface area contributed by atoms with Crippen molar-refractivity contribution in [3.8, 4) is 5.75 Å². The molecule has 1 fully saturated rings. The van der Waals surface area contributed by atoms with E-state index < -0.39 is 10.0 Å². The maximum absolute atomic E-state index is 12.1. The van der Waals surface area contributed by atoms with Gasteiger partial charge >= 0.3 is 0 Å². The first-order valence-electron chi connectivity index (χ1n) is 6.55. The van der Waals surface area contributed by atoms with Crippen molar-refractivity contribution in [3.05, 3.63) is 18.2 Å². The van der Waals surface area contributed by atoms with Gasteiger partial charge in [-0.15, -0.1) is 0 Å². The molecular weight excluding hydrogens is 264 g/mol. The monoisotopic (exact) mass is 284 g/mol. The predicted molar refractivity (Wildman–Crippen MR) is 76.5 cm³/mol. The average molecular weight is 284 g/mol. The molecule has 0 aromatic heterocycles. The molecule has 0 heterocycles. The van der Waals surface area contributed by atoms with E-state index in [9.17, 15) is 13.5 Å². The van der Waals surface area contributed by atoms with Crippen LogP contribution < -0.4 is 10.5 Å². The summed E-state index contributed by atoms with van der Waals surface area (Å²) in [4.78, 5) is 0. The van der Waals surface area contributed by atoms with Crippen molar-refractivity contribution in [2.24, 2.45) is 5.92 Å². The average Bonchev–Trinajstić information content (AvgIpc) is 2.33. The van der Waals surface area contributed by atoms with Crippen LogP contribution in [0.5, 0.6) is 5.75 Å². The van der Waals surface area contributed by atoms with Gasteiger partial charge in [0.25, 0.3) is 0 Å². The molecule has 0 amide bonds. The van der Waals surface area contributed by atoms with Gasteiger partial charge in [0, 0.05) is 6.07 Å². The van der Waals surface area contributed by atoms with Gasteiger partial charge < -0.3 is 10.8 Å². The highest BCUT2D eigenvalue weighted by molar-refractivity contribution is 7.92. The molecule has 0 saturated heterocycles. The second-order valence-corrected chi connectivity index (χ2v) is 6.93. The summed E-state index contributed by atoms with van der Waals surface area (Å²) in [5.41, 5.74) is 6.23. The van der Waals surface area contributed by atoms with Crippen molar-refractivity contribution in [2.45, 2.75) is 32.1 Å². The zero-order valence-corrected chi connectivity index (χ0v) is 11.6. The molecular formula is C13H20N2O3S. The summed E-state index contributed by atoms with van der Waals surface area (Å²) in [6.07, 6.45) is 5.38. The van der Waals surface area contributed by atoms with E-state index in [0.717, 1.165) is 25.7 Å². The minimum absolute atomic E-state index is 0.0210. The van der Waals surface area contributed by atoms with Crippen LogP contribution in [0.15, 0.2) is 18.2 Å². The molecule has 0 aliphatic heterocycles. The summed E-state index contributed by atoms with van der Waals surface area (Å²) in [6.45, 7) is 0. The van der Waals surface area contributed by atoms with E-state index in [0.29, 0.717) is 5.69 Å². The molecule has 0 spiro atoms. The zero-order chi connectivity index (χ0) is 13.9. The van der Waals surface area contributed by atoms with E-state index in [-0.39, 0.29) is 23.1 Å². The summed E-state index contributed by atoms with van der Waals surface area (Å²) in [5.74, 6) is 0.408. The first-order valence-corrected chi connectivity index (χ1v) is 8.20. The van der Waals surface area contributed by atoms with Crippen LogP contribution in [0.4, 0.5) is 11.4 Å². The van der Waals surface area contributed by atoms with Crippen molar-refractivity contribution < 1.29 is 13.5 Å². The Hall–Kier alpha value is -1.43. The van der Waals surface area contributed by atoms with Crippen molar-refractivity contribution >= 4 is 21.4 Å². The molecule has 0 bridgehead atoms. The van der Waals surface area contributed by atoms with Crippen molar-refractivity contribution in [1.82, 2.24) is 0 Å². The lowest BCUT2D eigenvalue weighted by Gasteiger charge is -2.21. The number of sulfonamides is 1. The molecule has 1 aromatic rings. The van der Waals surface area contributed by atoms with Crippen LogP contribution in [0, 0.1) is 5.92 Å². The van der Waals surface area contributed by atoms with E-state index >= 15 is 0 Å². The molecule has 19 heavy (non-hydrogen) atoms. The number of aromatic hydroxyl groups is 1. The molecule has 4 N–H and O–H groups in total. The SMILES string of the molecule is Nc1cc(O)ccc1NS(=O)(=O)CC1CCCCC1. The van der Waals surface area contributed by atoms with Crippen LogP contribution in [-0.4, -0.2) is 19.3 Å². The van der Waals surface area contributed by atoms with Gasteiger partial charge in [0.05, 0.1) is 17.1 Å². The minimum Gasteiger partial charge on any atom is -0.508 e. The number of anilines is 2. The lowest BCUT2D eigenvalue weighted by molar-refractivity contribution is 0.385. The van der Waals surface area contributed by atoms with Gasteiger partial charge in [0.2, 0.25) is 10.0 Å². The highest BCUT2D eigenvalue weighted by atomic mass is 32.2. The summed E-state index contributed by atoms with van der Waals surface area (Å²) in [5, 5.41) is 9.24. The van der Waals surface area contributed by atoms with Crippen LogP contribution in [0.1, 0.15) is 32.1 Å². The van der Waals surface area contributed by atoms with E-state index in [2.05, 4.69) is 4.72 Å². The largest absolute Gasteiger partial charge is 0.508 e. The lowest BCUT2D eigenvalue weighted by Crippen LogP contribution is -2.24. The van der Waals surface area contributed by atoms with E-state index in [4.69, 9.17) is 5.73 Å². The Balaban J connectivity index is 2.03. The number of nitrogens with two attached hydrogens (primary N) is 1. The van der Waals surface area contributed by atoms with Crippen molar-refractivity contribution in [3.63, 3.8) is 0 Å². The lowest BCUT2D eigenvalue weighted by atomic mass is 9.91. The van der Waals surface area contributed by atoms with Gasteiger partial charge in [-0.3, -0.25) is 4.72 Å². The second kappa shape index (κ2) is 5.69. The molecule has 0 atom stereocenters. The van der Waals surface area contributed by atoms with Gasteiger partial charge in [0.15, 0.2) is 0 Å². The number of nitrogens with one attached hydrogen (secondary N) is 1. The van der Waals surface area contributed by atoms with Gasteiger partial charge in [-0.1, -0.05) is 19.3 Å². The topological polar surface area (TPSA) is 92.4 Å². The van der Waals surface area contributed by atoms with Crippen LogP contribution in [-0.2, 0) is 10.0 Å². The molecule has 1 aliphatic carbocycles. The second-order valence-electron chi connectivity index (χ2n) is 5.16. The van der Waals surface area contributed by atoms with E-state index in [1.807, 2.05) is 0 Å². The normalized spacial score (nSPS) is 17.3. The molecule has 0 radical (unpaired) electrons. The summed E-state index contributed by atoms with van der Waals surface area (Å²) < 4.78 is 26.6. The van der Waals surface area contributed by atoms with Crippen LogP contribution in [0.25, 0.3) is 0 Å². The first kappa shape index (κ1) is 14.0. The third-order valence-corrected chi connectivity index (χ3v) is 4.92. The van der Waals surface area contributed by atoms with Gasteiger partial charge in [0.1, 0.15) is 5.75 Å². The van der Waals surface area contributed by atoms with E-state index in [1.54, 1.807) is 0 Å². The smallest absolute Gasteiger partial charge is 0.233 e. The Morgan fingerprint density at radius 3 is 2.58 bits per heavy atom. The highest BCUT2D eigenvalue weighted by Gasteiger charge is 2.21. The molecule has 2 rings (SSSR count). The Bertz CT molecular complexity index is 537. The molecule has 1 aliphatic rings. The van der Waals surface area contributed by atoms with E-state index in [1.165, 1.54) is 24.6 Å². The summed E-state index contributed by atoms with van der Waals surface area (Å²) in [7, 11) is -3.38. The fourth-order valence-electron chi connectivity index (χ4n) is 2.52. The Morgan fingerprint density at radius 2 is 1.95 bits per heavy atom.